The van der Waals surface area contributed by atoms with E-state index in [1.165, 1.54) is 7.11 Å². The molecule has 1 N–H and O–H groups in total. The van der Waals surface area contributed by atoms with Crippen LogP contribution in [0.4, 0.5) is 0 Å². The molecule has 0 bridgehead atoms. The number of esters is 1. The topological polar surface area (TPSA) is 73.9 Å². The molecule has 0 aliphatic rings. The number of amides is 1. The molecule has 6 heteroatoms. The van der Waals surface area contributed by atoms with Crippen molar-refractivity contribution in [3.8, 4) is 5.75 Å². The second kappa shape index (κ2) is 8.16. The fraction of sp³-hybridized carbons (Fsp3) is 0.429. The number of hydrogen-bond donors (Lipinski definition) is 1. The molecule has 6 nitrogen and oxygen atoms in total. The molecule has 0 aromatic heterocycles. The van der Waals surface area contributed by atoms with Gasteiger partial charge in [0.05, 0.1) is 19.3 Å². The van der Waals surface area contributed by atoms with Gasteiger partial charge in [-0.25, -0.2) is 4.79 Å². The van der Waals surface area contributed by atoms with Gasteiger partial charge in [-0.3, -0.25) is 4.79 Å². The van der Waals surface area contributed by atoms with Crippen molar-refractivity contribution in [3.05, 3.63) is 29.8 Å². The fourth-order valence-electron chi connectivity index (χ4n) is 1.47. The van der Waals surface area contributed by atoms with Gasteiger partial charge >= 0.3 is 5.97 Å². The van der Waals surface area contributed by atoms with E-state index >= 15 is 0 Å². The molecule has 110 valence electrons. The standard InChI is InChI=1S/C14H19NO5/c1-10(13(16)15-8-9-18-2)20-12-6-4-11(5-7-12)14(17)19-3/h4-7,10H,8-9H2,1-3H3,(H,15,16)/t10-/m0/s1. The molecule has 20 heavy (non-hydrogen) atoms. The molecule has 1 aromatic carbocycles. The van der Waals surface area contributed by atoms with Gasteiger partial charge in [0.1, 0.15) is 5.75 Å². The van der Waals surface area contributed by atoms with Gasteiger partial charge in [0, 0.05) is 13.7 Å². The molecule has 0 aliphatic heterocycles. The van der Waals surface area contributed by atoms with Crippen LogP contribution in [0, 0.1) is 0 Å². The molecule has 1 atom stereocenters. The molecular weight excluding hydrogens is 262 g/mol. The van der Waals surface area contributed by atoms with Crippen LogP contribution in [-0.2, 0) is 14.3 Å². The van der Waals surface area contributed by atoms with Crippen molar-refractivity contribution in [1.29, 1.82) is 0 Å². The zero-order valence-electron chi connectivity index (χ0n) is 11.8. The summed E-state index contributed by atoms with van der Waals surface area (Å²) in [5.41, 5.74) is 0.428. The number of rotatable bonds is 7. The predicted molar refractivity (Wildman–Crippen MR) is 72.8 cm³/mol. The maximum Gasteiger partial charge on any atom is 0.337 e. The minimum absolute atomic E-state index is 0.223. The van der Waals surface area contributed by atoms with Crippen LogP contribution in [0.15, 0.2) is 24.3 Å². The lowest BCUT2D eigenvalue weighted by atomic mass is 10.2. The lowest BCUT2D eigenvalue weighted by molar-refractivity contribution is -0.127. The number of carbonyl (C=O) groups excluding carboxylic acids is 2. The number of carbonyl (C=O) groups is 2. The Bertz CT molecular complexity index is 443. The largest absolute Gasteiger partial charge is 0.481 e. The average molecular weight is 281 g/mol. The number of hydrogen-bond acceptors (Lipinski definition) is 5. The van der Waals surface area contributed by atoms with Gasteiger partial charge in [-0.05, 0) is 31.2 Å². The van der Waals surface area contributed by atoms with E-state index in [4.69, 9.17) is 9.47 Å². The molecule has 0 aliphatic carbocycles. The van der Waals surface area contributed by atoms with Crippen molar-refractivity contribution >= 4 is 11.9 Å². The lowest BCUT2D eigenvalue weighted by Gasteiger charge is -2.14. The molecule has 0 unspecified atom stereocenters. The molecule has 1 rings (SSSR count). The number of methoxy groups -OCH3 is 2. The summed E-state index contributed by atoms with van der Waals surface area (Å²) in [5, 5.41) is 2.68. The quantitative estimate of drug-likeness (QED) is 0.596. The average Bonchev–Trinajstić information content (AvgIpc) is 2.47. The fourth-order valence-corrected chi connectivity index (χ4v) is 1.47. The van der Waals surface area contributed by atoms with E-state index in [9.17, 15) is 9.59 Å². The van der Waals surface area contributed by atoms with Crippen LogP contribution in [-0.4, -0.2) is 45.4 Å². The minimum atomic E-state index is -0.629. The van der Waals surface area contributed by atoms with E-state index in [1.807, 2.05) is 0 Å². The molecule has 0 fully saturated rings. The smallest absolute Gasteiger partial charge is 0.337 e. The molecule has 1 aromatic rings. The third-order valence-electron chi connectivity index (χ3n) is 2.56. The summed E-state index contributed by atoms with van der Waals surface area (Å²) in [6.07, 6.45) is -0.629. The summed E-state index contributed by atoms with van der Waals surface area (Å²) in [7, 11) is 2.88. The van der Waals surface area contributed by atoms with E-state index in [0.29, 0.717) is 24.5 Å². The minimum Gasteiger partial charge on any atom is -0.481 e. The van der Waals surface area contributed by atoms with Crippen LogP contribution in [0.2, 0.25) is 0 Å². The van der Waals surface area contributed by atoms with E-state index in [-0.39, 0.29) is 5.91 Å². The SMILES string of the molecule is COCCNC(=O)[C@H](C)Oc1ccc(C(=O)OC)cc1. The van der Waals surface area contributed by atoms with Crippen LogP contribution >= 0.6 is 0 Å². The Hall–Kier alpha value is -2.08. The Morgan fingerprint density at radius 3 is 2.40 bits per heavy atom. The predicted octanol–water partition coefficient (Wildman–Crippen LogP) is 1.00. The van der Waals surface area contributed by atoms with Crippen LogP contribution in [0.5, 0.6) is 5.75 Å². The molecular formula is C14H19NO5. The third-order valence-corrected chi connectivity index (χ3v) is 2.56. The molecule has 0 saturated heterocycles. The number of benzene rings is 1. The van der Waals surface area contributed by atoms with Crippen LogP contribution < -0.4 is 10.1 Å². The van der Waals surface area contributed by atoms with Gasteiger partial charge in [-0.2, -0.15) is 0 Å². The first-order valence-electron chi connectivity index (χ1n) is 6.20. The Morgan fingerprint density at radius 1 is 1.20 bits per heavy atom. The highest BCUT2D eigenvalue weighted by molar-refractivity contribution is 5.89. The van der Waals surface area contributed by atoms with E-state index in [0.717, 1.165) is 0 Å². The Balaban J connectivity index is 2.51. The normalized spacial score (nSPS) is 11.6. The van der Waals surface area contributed by atoms with Crippen molar-refractivity contribution in [2.45, 2.75) is 13.0 Å². The van der Waals surface area contributed by atoms with Gasteiger partial charge in [-0.1, -0.05) is 0 Å². The van der Waals surface area contributed by atoms with Crippen molar-refractivity contribution in [2.24, 2.45) is 0 Å². The van der Waals surface area contributed by atoms with Gasteiger partial charge in [-0.15, -0.1) is 0 Å². The third kappa shape index (κ3) is 4.89. The summed E-state index contributed by atoms with van der Waals surface area (Å²) in [6.45, 7) is 2.53. The highest BCUT2D eigenvalue weighted by atomic mass is 16.5. The first-order valence-corrected chi connectivity index (χ1v) is 6.20. The van der Waals surface area contributed by atoms with Crippen molar-refractivity contribution in [3.63, 3.8) is 0 Å². The van der Waals surface area contributed by atoms with Gasteiger partial charge in [0.15, 0.2) is 6.10 Å². The maximum atomic E-state index is 11.7. The van der Waals surface area contributed by atoms with Crippen LogP contribution in [0.1, 0.15) is 17.3 Å². The van der Waals surface area contributed by atoms with E-state index in [1.54, 1.807) is 38.3 Å². The van der Waals surface area contributed by atoms with Crippen molar-refractivity contribution in [2.75, 3.05) is 27.4 Å². The first kappa shape index (κ1) is 16.0. The van der Waals surface area contributed by atoms with Gasteiger partial charge in [0.25, 0.3) is 5.91 Å². The molecule has 0 spiro atoms. The van der Waals surface area contributed by atoms with Crippen LogP contribution in [0.25, 0.3) is 0 Å². The molecule has 0 saturated carbocycles. The lowest BCUT2D eigenvalue weighted by Crippen LogP contribution is -2.37. The van der Waals surface area contributed by atoms with Gasteiger partial charge in [0.2, 0.25) is 0 Å². The second-order valence-electron chi connectivity index (χ2n) is 4.06. The van der Waals surface area contributed by atoms with E-state index in [2.05, 4.69) is 10.1 Å². The van der Waals surface area contributed by atoms with Crippen LogP contribution in [0.3, 0.4) is 0 Å². The number of ether oxygens (including phenoxy) is 3. The summed E-state index contributed by atoms with van der Waals surface area (Å²) < 4.78 is 14.9. The van der Waals surface area contributed by atoms with Crippen molar-refractivity contribution in [1.82, 2.24) is 5.32 Å². The highest BCUT2D eigenvalue weighted by Gasteiger charge is 2.14. The molecule has 0 radical (unpaired) electrons. The molecule has 0 heterocycles. The van der Waals surface area contributed by atoms with E-state index < -0.39 is 12.1 Å². The Kier molecular flexibility index (Phi) is 6.52. The van der Waals surface area contributed by atoms with Gasteiger partial charge < -0.3 is 19.5 Å². The Labute approximate surface area is 118 Å². The first-order chi connectivity index (χ1) is 9.58. The summed E-state index contributed by atoms with van der Waals surface area (Å²) in [4.78, 5) is 22.9. The maximum absolute atomic E-state index is 11.7. The summed E-state index contributed by atoms with van der Waals surface area (Å²) in [6, 6.07) is 6.39. The van der Waals surface area contributed by atoms with Crippen molar-refractivity contribution < 1.29 is 23.8 Å². The summed E-state index contributed by atoms with van der Waals surface area (Å²) >= 11 is 0. The zero-order chi connectivity index (χ0) is 15.0. The Morgan fingerprint density at radius 2 is 1.85 bits per heavy atom. The zero-order valence-corrected chi connectivity index (χ0v) is 11.8. The second-order valence-corrected chi connectivity index (χ2v) is 4.06. The monoisotopic (exact) mass is 281 g/mol. The number of nitrogens with one attached hydrogen (secondary N) is 1. The highest BCUT2D eigenvalue weighted by Crippen LogP contribution is 2.14. The molecule has 1 amide bonds. The summed E-state index contributed by atoms with van der Waals surface area (Å²) in [5.74, 6) is -0.131.